The summed E-state index contributed by atoms with van der Waals surface area (Å²) in [6.07, 6.45) is 7.26. The zero-order valence-corrected chi connectivity index (χ0v) is 26.1. The number of nitrogens with zero attached hydrogens (tertiary/aromatic N) is 9. The SMILES string of the molecule is CNOC[C@H](C(C)C)n1cc([C@H](Cc2ccccc2)n2cc([C@H](Cc3ccccc3)n3cc([C@@H](N)C(C)C)nn3)nn2)nn1. The molecule has 12 nitrogen and oxygen atoms in total. The van der Waals surface area contributed by atoms with Crippen molar-refractivity contribution < 1.29 is 4.84 Å². The standard InChI is InChI=1S/C32H43N11O/c1-22(2)31(21-44-34-5)43-19-27(36-39-43)29(16-24-12-8-6-9-13-24)41-18-26(35-38-41)30(17-25-14-10-7-11-15-25)42-20-28(37-40-42)32(33)23(3)4/h6-15,18-20,22-23,29-32,34H,16-17,21,33H2,1-5H3/t29-,30-,31+,32-/m0/s1. The van der Waals surface area contributed by atoms with Crippen LogP contribution in [-0.4, -0.2) is 58.6 Å². The zero-order valence-electron chi connectivity index (χ0n) is 26.1. The Bertz CT molecular complexity index is 1560. The summed E-state index contributed by atoms with van der Waals surface area (Å²) in [7, 11) is 1.76. The van der Waals surface area contributed by atoms with Gasteiger partial charge in [-0.1, -0.05) is 104 Å². The van der Waals surface area contributed by atoms with Gasteiger partial charge in [0.2, 0.25) is 0 Å². The van der Waals surface area contributed by atoms with Crippen molar-refractivity contribution in [1.82, 2.24) is 50.5 Å². The number of hydrogen-bond acceptors (Lipinski definition) is 9. The molecule has 3 aromatic heterocycles. The van der Waals surface area contributed by atoms with Gasteiger partial charge in [0.25, 0.3) is 0 Å². The first-order chi connectivity index (χ1) is 21.3. The third-order valence-corrected chi connectivity index (χ3v) is 8.02. The van der Waals surface area contributed by atoms with E-state index in [9.17, 15) is 0 Å². The van der Waals surface area contributed by atoms with Gasteiger partial charge in [-0.2, -0.15) is 0 Å². The summed E-state index contributed by atoms with van der Waals surface area (Å²) >= 11 is 0. The highest BCUT2D eigenvalue weighted by Gasteiger charge is 2.27. The molecular weight excluding hydrogens is 554 g/mol. The van der Waals surface area contributed by atoms with Crippen molar-refractivity contribution in [1.29, 1.82) is 0 Å². The molecule has 12 heteroatoms. The van der Waals surface area contributed by atoms with E-state index in [-0.39, 0.29) is 30.1 Å². The Morgan fingerprint density at radius 2 is 1.11 bits per heavy atom. The highest BCUT2D eigenvalue weighted by molar-refractivity contribution is 5.21. The smallest absolute Gasteiger partial charge is 0.108 e. The van der Waals surface area contributed by atoms with Crippen molar-refractivity contribution in [2.24, 2.45) is 17.6 Å². The molecule has 4 atom stereocenters. The molecule has 5 aromatic rings. The molecule has 44 heavy (non-hydrogen) atoms. The molecule has 3 N–H and O–H groups in total. The average molecular weight is 598 g/mol. The van der Waals surface area contributed by atoms with Crippen molar-refractivity contribution in [2.45, 2.75) is 64.7 Å². The molecular formula is C32H43N11O. The first-order valence-electron chi connectivity index (χ1n) is 15.2. The second-order valence-electron chi connectivity index (χ2n) is 11.9. The summed E-state index contributed by atoms with van der Waals surface area (Å²) < 4.78 is 5.64. The molecule has 0 amide bonds. The van der Waals surface area contributed by atoms with Gasteiger partial charge in [0.15, 0.2) is 0 Å². The average Bonchev–Trinajstić information content (AvgIpc) is 3.81. The minimum atomic E-state index is -0.233. The number of hydrogen-bond donors (Lipinski definition) is 2. The van der Waals surface area contributed by atoms with E-state index in [4.69, 9.17) is 10.6 Å². The fourth-order valence-electron chi connectivity index (χ4n) is 5.22. The van der Waals surface area contributed by atoms with Gasteiger partial charge in [0, 0.05) is 19.9 Å². The van der Waals surface area contributed by atoms with Crippen LogP contribution in [0.25, 0.3) is 0 Å². The van der Waals surface area contributed by atoms with Crippen LogP contribution in [0.15, 0.2) is 79.3 Å². The number of hydroxylamine groups is 1. The second kappa shape index (κ2) is 14.5. The van der Waals surface area contributed by atoms with E-state index >= 15 is 0 Å². The van der Waals surface area contributed by atoms with Crippen LogP contribution in [-0.2, 0) is 17.7 Å². The van der Waals surface area contributed by atoms with Gasteiger partial charge in [0.1, 0.15) is 23.5 Å². The fraction of sp³-hybridized carbons (Fsp3) is 0.438. The molecule has 0 saturated carbocycles. The minimum Gasteiger partial charge on any atom is -0.322 e. The third-order valence-electron chi connectivity index (χ3n) is 8.02. The lowest BCUT2D eigenvalue weighted by atomic mass is 10.0. The first kappa shape index (κ1) is 31.2. The van der Waals surface area contributed by atoms with Crippen molar-refractivity contribution in [3.8, 4) is 0 Å². The summed E-state index contributed by atoms with van der Waals surface area (Å²) in [4.78, 5) is 5.52. The van der Waals surface area contributed by atoms with E-state index in [1.165, 1.54) is 0 Å². The number of nitrogens with two attached hydrogens (primary N) is 1. The summed E-state index contributed by atoms with van der Waals surface area (Å²) in [5.74, 6) is 0.527. The van der Waals surface area contributed by atoms with E-state index < -0.39 is 0 Å². The van der Waals surface area contributed by atoms with Gasteiger partial charge in [-0.05, 0) is 23.0 Å². The number of aromatic nitrogens is 9. The van der Waals surface area contributed by atoms with Crippen LogP contribution < -0.4 is 11.2 Å². The monoisotopic (exact) mass is 597 g/mol. The third kappa shape index (κ3) is 7.44. The molecule has 0 aliphatic heterocycles. The van der Waals surface area contributed by atoms with E-state index in [0.717, 1.165) is 28.2 Å². The highest BCUT2D eigenvalue weighted by atomic mass is 16.6. The van der Waals surface area contributed by atoms with Crippen molar-refractivity contribution >= 4 is 0 Å². The second-order valence-corrected chi connectivity index (χ2v) is 11.9. The normalized spacial score (nSPS) is 14.6. The van der Waals surface area contributed by atoms with E-state index in [1.54, 1.807) is 7.05 Å². The fourth-order valence-corrected chi connectivity index (χ4v) is 5.22. The Balaban J connectivity index is 1.51. The predicted octanol–water partition coefficient (Wildman–Crippen LogP) is 4.13. The molecule has 0 saturated heterocycles. The predicted molar refractivity (Wildman–Crippen MR) is 167 cm³/mol. The summed E-state index contributed by atoms with van der Waals surface area (Å²) in [6, 6.07) is 20.0. The number of benzene rings is 2. The molecule has 0 bridgehead atoms. The Labute approximate surface area is 258 Å². The van der Waals surface area contributed by atoms with E-state index in [0.29, 0.717) is 25.4 Å². The topological polar surface area (TPSA) is 139 Å². The van der Waals surface area contributed by atoms with Crippen LogP contribution >= 0.6 is 0 Å². The van der Waals surface area contributed by atoms with Crippen LogP contribution in [0.4, 0.5) is 0 Å². The van der Waals surface area contributed by atoms with Gasteiger partial charge in [-0.15, -0.1) is 15.3 Å². The zero-order chi connectivity index (χ0) is 31.1. The molecule has 5 rings (SSSR count). The Morgan fingerprint density at radius 3 is 1.59 bits per heavy atom. The molecule has 0 unspecified atom stereocenters. The maximum atomic E-state index is 6.42. The molecule has 0 spiro atoms. The summed E-state index contributed by atoms with van der Waals surface area (Å²) in [6.45, 7) is 8.92. The largest absolute Gasteiger partial charge is 0.322 e. The quantitative estimate of drug-likeness (QED) is 0.171. The molecule has 0 radical (unpaired) electrons. The molecule has 2 aromatic carbocycles. The minimum absolute atomic E-state index is 0.0151. The maximum absolute atomic E-state index is 6.42. The van der Waals surface area contributed by atoms with Crippen LogP contribution in [0.3, 0.4) is 0 Å². The van der Waals surface area contributed by atoms with E-state index in [1.807, 2.05) is 69.0 Å². The van der Waals surface area contributed by atoms with Crippen LogP contribution in [0, 0.1) is 11.8 Å². The molecule has 232 valence electrons. The Morgan fingerprint density at radius 1 is 0.659 bits per heavy atom. The number of rotatable bonds is 15. The molecule has 3 heterocycles. The van der Waals surface area contributed by atoms with Crippen molar-refractivity contribution in [3.63, 3.8) is 0 Å². The summed E-state index contributed by atoms with van der Waals surface area (Å²) in [5, 5.41) is 27.4. The first-order valence-corrected chi connectivity index (χ1v) is 15.2. The molecule has 0 aliphatic rings. The van der Waals surface area contributed by atoms with Gasteiger partial charge < -0.3 is 5.73 Å². The highest BCUT2D eigenvalue weighted by Crippen LogP contribution is 2.27. The van der Waals surface area contributed by atoms with E-state index in [2.05, 4.69) is 88.4 Å². The van der Waals surface area contributed by atoms with Crippen LogP contribution in [0.2, 0.25) is 0 Å². The Kier molecular flexibility index (Phi) is 10.3. The van der Waals surface area contributed by atoms with Crippen LogP contribution in [0.5, 0.6) is 0 Å². The van der Waals surface area contributed by atoms with Gasteiger partial charge >= 0.3 is 0 Å². The lowest BCUT2D eigenvalue weighted by Gasteiger charge is -2.20. The summed E-state index contributed by atoms with van der Waals surface area (Å²) in [5.41, 5.74) is 13.8. The van der Waals surface area contributed by atoms with Gasteiger partial charge in [-0.25, -0.2) is 19.5 Å². The molecule has 0 aliphatic carbocycles. The van der Waals surface area contributed by atoms with Crippen molar-refractivity contribution in [3.05, 3.63) is 107 Å². The lowest BCUT2D eigenvalue weighted by molar-refractivity contribution is 0.0207. The van der Waals surface area contributed by atoms with Gasteiger partial charge in [-0.3, -0.25) is 4.84 Å². The van der Waals surface area contributed by atoms with Crippen LogP contribution in [0.1, 0.15) is 80.1 Å². The lowest BCUT2D eigenvalue weighted by Crippen LogP contribution is -2.24. The Hall–Kier alpha value is -4.26. The van der Waals surface area contributed by atoms with Gasteiger partial charge in [0.05, 0.1) is 43.0 Å². The maximum Gasteiger partial charge on any atom is 0.108 e. The number of nitrogens with one attached hydrogen (secondary N) is 1. The molecule has 0 fully saturated rings. The van der Waals surface area contributed by atoms with Crippen molar-refractivity contribution in [2.75, 3.05) is 13.7 Å².